The summed E-state index contributed by atoms with van der Waals surface area (Å²) in [4.78, 5) is 0. The van der Waals surface area contributed by atoms with Crippen molar-refractivity contribution in [3.05, 3.63) is 24.4 Å². The van der Waals surface area contributed by atoms with Gasteiger partial charge in [0.1, 0.15) is 0 Å². The van der Waals surface area contributed by atoms with Crippen molar-refractivity contribution in [1.29, 1.82) is 0 Å². The fraction of sp³-hybridized carbons (Fsp3) is 0.500. The lowest BCUT2D eigenvalue weighted by Gasteiger charge is -2.04. The molecule has 0 aliphatic carbocycles. The van der Waals surface area contributed by atoms with E-state index >= 15 is 0 Å². The van der Waals surface area contributed by atoms with Crippen LogP contribution in [0, 0.1) is 0 Å². The van der Waals surface area contributed by atoms with Crippen molar-refractivity contribution in [2.45, 2.75) is 20.8 Å². The maximum atomic E-state index is 3.67. The van der Waals surface area contributed by atoms with Gasteiger partial charge < -0.3 is 5.43 Å². The standard InChI is InChI=1S/C6H12N2.C2H6/c1-5(2)6(3)8-7-4;1-2/h7-8H,1,3H2,2,4H3;1-2H3. The van der Waals surface area contributed by atoms with Crippen LogP contribution in [-0.4, -0.2) is 7.05 Å². The van der Waals surface area contributed by atoms with Crippen LogP contribution in [0.25, 0.3) is 0 Å². The van der Waals surface area contributed by atoms with E-state index in [4.69, 9.17) is 0 Å². The summed E-state index contributed by atoms with van der Waals surface area (Å²) in [5, 5.41) is 0. The second-order valence-corrected chi connectivity index (χ2v) is 1.63. The summed E-state index contributed by atoms with van der Waals surface area (Å²) in [6, 6.07) is 0. The highest BCUT2D eigenvalue weighted by atomic mass is 15.3. The molecule has 0 aromatic rings. The molecule has 0 aliphatic rings. The summed E-state index contributed by atoms with van der Waals surface area (Å²) in [6.07, 6.45) is 0. The van der Waals surface area contributed by atoms with E-state index in [1.165, 1.54) is 0 Å². The van der Waals surface area contributed by atoms with Crippen molar-refractivity contribution in [3.63, 3.8) is 0 Å². The molecule has 2 N–H and O–H groups in total. The van der Waals surface area contributed by atoms with Gasteiger partial charge in [0.05, 0.1) is 0 Å². The van der Waals surface area contributed by atoms with Crippen LogP contribution in [0.2, 0.25) is 0 Å². The molecule has 0 aromatic heterocycles. The minimum atomic E-state index is 0.826. The van der Waals surface area contributed by atoms with E-state index in [1.54, 1.807) is 7.05 Å². The molecule has 0 fully saturated rings. The average Bonchev–Trinajstić information content (AvgIpc) is 1.93. The van der Waals surface area contributed by atoms with Gasteiger partial charge in [-0.05, 0) is 12.5 Å². The van der Waals surface area contributed by atoms with E-state index in [9.17, 15) is 0 Å². The van der Waals surface area contributed by atoms with Crippen molar-refractivity contribution >= 4 is 0 Å². The van der Waals surface area contributed by atoms with Crippen molar-refractivity contribution in [1.82, 2.24) is 10.9 Å². The number of rotatable bonds is 3. The first kappa shape index (κ1) is 12.0. The summed E-state index contributed by atoms with van der Waals surface area (Å²) in [7, 11) is 1.79. The molecule has 0 heterocycles. The molecule has 0 saturated heterocycles. The zero-order valence-corrected chi connectivity index (χ0v) is 7.41. The lowest BCUT2D eigenvalue weighted by molar-refractivity contribution is 0.699. The molecule has 0 unspecified atom stereocenters. The predicted molar refractivity (Wildman–Crippen MR) is 47.5 cm³/mol. The first-order valence-electron chi connectivity index (χ1n) is 3.46. The van der Waals surface area contributed by atoms with E-state index in [-0.39, 0.29) is 0 Å². The Morgan fingerprint density at radius 1 is 1.20 bits per heavy atom. The Kier molecular flexibility index (Phi) is 9.86. The van der Waals surface area contributed by atoms with Crippen LogP contribution in [0.15, 0.2) is 24.4 Å². The highest BCUT2D eigenvalue weighted by Crippen LogP contribution is 1.94. The van der Waals surface area contributed by atoms with Gasteiger partial charge in [0.15, 0.2) is 0 Å². The molecule has 2 heteroatoms. The van der Waals surface area contributed by atoms with Gasteiger partial charge in [0.25, 0.3) is 0 Å². The lowest BCUT2D eigenvalue weighted by atomic mass is 10.3. The van der Waals surface area contributed by atoms with Gasteiger partial charge in [-0.25, -0.2) is 5.43 Å². The number of hydrogen-bond donors (Lipinski definition) is 2. The first-order valence-corrected chi connectivity index (χ1v) is 3.46. The highest BCUT2D eigenvalue weighted by Gasteiger charge is 1.86. The number of hydrogen-bond acceptors (Lipinski definition) is 2. The molecule has 0 atom stereocenters. The van der Waals surface area contributed by atoms with E-state index in [1.807, 2.05) is 20.8 Å². The largest absolute Gasteiger partial charge is 0.322 e. The van der Waals surface area contributed by atoms with Gasteiger partial charge >= 0.3 is 0 Å². The Labute approximate surface area is 64.0 Å². The first-order chi connectivity index (χ1) is 4.68. The molecule has 0 radical (unpaired) electrons. The second-order valence-electron chi connectivity index (χ2n) is 1.63. The van der Waals surface area contributed by atoms with Crippen LogP contribution in [0.3, 0.4) is 0 Å². The van der Waals surface area contributed by atoms with Crippen LogP contribution >= 0.6 is 0 Å². The number of hydrazine groups is 1. The molecule has 60 valence electrons. The van der Waals surface area contributed by atoms with E-state index in [0.29, 0.717) is 0 Å². The Balaban J connectivity index is 0. The van der Waals surface area contributed by atoms with Crippen LogP contribution < -0.4 is 10.9 Å². The molecule has 0 bridgehead atoms. The molecule has 0 saturated carbocycles. The summed E-state index contributed by atoms with van der Waals surface area (Å²) < 4.78 is 0. The van der Waals surface area contributed by atoms with Gasteiger partial charge in [0, 0.05) is 12.7 Å². The molecule has 0 rings (SSSR count). The highest BCUT2D eigenvalue weighted by molar-refractivity contribution is 5.19. The minimum Gasteiger partial charge on any atom is -0.322 e. The van der Waals surface area contributed by atoms with Gasteiger partial charge in [-0.15, -0.1) is 0 Å². The van der Waals surface area contributed by atoms with Crippen LogP contribution in [0.5, 0.6) is 0 Å². The zero-order chi connectivity index (χ0) is 8.57. The van der Waals surface area contributed by atoms with E-state index < -0.39 is 0 Å². The summed E-state index contributed by atoms with van der Waals surface area (Å²) in [5.41, 5.74) is 7.31. The smallest absolute Gasteiger partial charge is 0.0438 e. The van der Waals surface area contributed by atoms with Crippen LogP contribution in [0.1, 0.15) is 20.8 Å². The third-order valence-electron chi connectivity index (χ3n) is 0.791. The third-order valence-corrected chi connectivity index (χ3v) is 0.791. The van der Waals surface area contributed by atoms with E-state index in [2.05, 4.69) is 24.0 Å². The van der Waals surface area contributed by atoms with Gasteiger partial charge in [-0.1, -0.05) is 27.0 Å². The molecule has 0 aromatic carbocycles. The molecular weight excluding hydrogens is 124 g/mol. The normalized spacial score (nSPS) is 7.20. The molecule has 10 heavy (non-hydrogen) atoms. The topological polar surface area (TPSA) is 24.1 Å². The molecule has 2 nitrogen and oxygen atoms in total. The van der Waals surface area contributed by atoms with Gasteiger partial charge in [-0.3, -0.25) is 0 Å². The molecular formula is C8H18N2. The number of allylic oxidation sites excluding steroid dienone is 1. The summed E-state index contributed by atoms with van der Waals surface area (Å²) >= 11 is 0. The van der Waals surface area contributed by atoms with Gasteiger partial charge in [-0.2, -0.15) is 0 Å². The van der Waals surface area contributed by atoms with Crippen LogP contribution in [0.4, 0.5) is 0 Å². The predicted octanol–water partition coefficient (Wildman–Crippen LogP) is 1.83. The third kappa shape index (κ3) is 7.24. The Hall–Kier alpha value is -0.760. The fourth-order valence-electron chi connectivity index (χ4n) is 0.258. The Bertz CT molecular complexity index is 106. The lowest BCUT2D eigenvalue weighted by Crippen LogP contribution is -2.26. The summed E-state index contributed by atoms with van der Waals surface area (Å²) in [5.74, 6) is 0. The van der Waals surface area contributed by atoms with Crippen molar-refractivity contribution in [3.8, 4) is 0 Å². The van der Waals surface area contributed by atoms with E-state index in [0.717, 1.165) is 11.3 Å². The molecule has 0 spiro atoms. The van der Waals surface area contributed by atoms with Crippen molar-refractivity contribution < 1.29 is 0 Å². The fourth-order valence-corrected chi connectivity index (χ4v) is 0.258. The Morgan fingerprint density at radius 3 is 1.70 bits per heavy atom. The average molecular weight is 142 g/mol. The van der Waals surface area contributed by atoms with Crippen molar-refractivity contribution in [2.75, 3.05) is 7.05 Å². The molecule has 0 amide bonds. The maximum Gasteiger partial charge on any atom is 0.0438 e. The minimum absolute atomic E-state index is 0.826. The monoisotopic (exact) mass is 142 g/mol. The second kappa shape index (κ2) is 8.24. The van der Waals surface area contributed by atoms with Gasteiger partial charge in [0.2, 0.25) is 0 Å². The molecule has 0 aliphatic heterocycles. The zero-order valence-electron chi connectivity index (χ0n) is 7.41. The Morgan fingerprint density at radius 2 is 1.60 bits per heavy atom. The van der Waals surface area contributed by atoms with Crippen LogP contribution in [-0.2, 0) is 0 Å². The quantitative estimate of drug-likeness (QED) is 0.464. The van der Waals surface area contributed by atoms with Crippen molar-refractivity contribution in [2.24, 2.45) is 0 Å². The SMILES string of the molecule is C=C(C)C(=C)NNC.CC. The summed E-state index contributed by atoms with van der Waals surface area (Å²) in [6.45, 7) is 13.2. The maximum absolute atomic E-state index is 3.67. The number of nitrogens with one attached hydrogen (secondary N) is 2.